The van der Waals surface area contributed by atoms with Gasteiger partial charge in [-0.2, -0.15) is 0 Å². The Kier molecular flexibility index (Phi) is 3.93. The van der Waals surface area contributed by atoms with Crippen LogP contribution in [-0.2, 0) is 4.79 Å². The van der Waals surface area contributed by atoms with Crippen LogP contribution in [0, 0.1) is 0 Å². The van der Waals surface area contributed by atoms with Gasteiger partial charge in [0.05, 0.1) is 5.02 Å². The average Bonchev–Trinajstić information content (AvgIpc) is 2.76. The van der Waals surface area contributed by atoms with Crippen LogP contribution in [-0.4, -0.2) is 36.5 Å². The van der Waals surface area contributed by atoms with E-state index in [1.807, 2.05) is 0 Å². The summed E-state index contributed by atoms with van der Waals surface area (Å²) >= 11 is 11.7. The lowest BCUT2D eigenvalue weighted by Gasteiger charge is -2.13. The van der Waals surface area contributed by atoms with Crippen molar-refractivity contribution in [2.24, 2.45) is 0 Å². The summed E-state index contributed by atoms with van der Waals surface area (Å²) in [5.41, 5.74) is 0. The maximum Gasteiger partial charge on any atom is 0.324 e. The summed E-state index contributed by atoms with van der Waals surface area (Å²) in [5, 5.41) is 3.35. The van der Waals surface area contributed by atoms with Gasteiger partial charge in [-0.15, -0.1) is 0 Å². The van der Waals surface area contributed by atoms with Gasteiger partial charge in [-0.05, 0) is 12.1 Å². The zero-order valence-corrected chi connectivity index (χ0v) is 10.8. The molecule has 1 fully saturated rings. The van der Waals surface area contributed by atoms with Gasteiger partial charge in [0, 0.05) is 24.2 Å². The molecule has 0 radical (unpaired) electrons. The minimum atomic E-state index is -0.416. The molecule has 0 aliphatic carbocycles. The molecule has 1 aliphatic heterocycles. The highest BCUT2D eigenvalue weighted by Crippen LogP contribution is 2.27. The maximum absolute atomic E-state index is 11.7. The van der Waals surface area contributed by atoms with Crippen molar-refractivity contribution in [2.45, 2.75) is 0 Å². The quantitative estimate of drug-likeness (QED) is 0.925. The largest absolute Gasteiger partial charge is 0.482 e. The Morgan fingerprint density at radius 2 is 2.22 bits per heavy atom. The van der Waals surface area contributed by atoms with Crippen LogP contribution in [0.4, 0.5) is 4.79 Å². The third kappa shape index (κ3) is 2.86. The van der Waals surface area contributed by atoms with Crippen molar-refractivity contribution >= 4 is 35.1 Å². The lowest BCUT2D eigenvalue weighted by molar-refractivity contribution is -0.129. The van der Waals surface area contributed by atoms with Crippen molar-refractivity contribution in [3.63, 3.8) is 0 Å². The monoisotopic (exact) mass is 288 g/mol. The standard InChI is InChI=1S/C11H10Cl2N2O3/c12-7-1-2-8(13)9(5-7)18-6-10(16)15-4-3-14-11(15)17/h1-2,5H,3-4,6H2,(H,14,17). The van der Waals surface area contributed by atoms with Crippen molar-refractivity contribution in [1.82, 2.24) is 10.2 Å². The molecule has 3 amide bonds. The molecule has 0 unspecified atom stereocenters. The number of nitrogens with zero attached hydrogens (tertiary/aromatic N) is 1. The highest BCUT2D eigenvalue weighted by molar-refractivity contribution is 6.34. The molecule has 18 heavy (non-hydrogen) atoms. The SMILES string of the molecule is O=C(COc1cc(Cl)ccc1Cl)N1CCNC1=O. The van der Waals surface area contributed by atoms with Gasteiger partial charge < -0.3 is 10.1 Å². The normalized spacial score (nSPS) is 14.6. The van der Waals surface area contributed by atoms with Crippen LogP contribution in [0.2, 0.25) is 10.0 Å². The molecule has 0 atom stereocenters. The molecule has 0 saturated carbocycles. The van der Waals surface area contributed by atoms with Gasteiger partial charge in [0.25, 0.3) is 5.91 Å². The third-order valence-corrected chi connectivity index (χ3v) is 2.95. The highest BCUT2D eigenvalue weighted by atomic mass is 35.5. The predicted molar refractivity (Wildman–Crippen MR) is 67.1 cm³/mol. The number of rotatable bonds is 3. The van der Waals surface area contributed by atoms with E-state index in [9.17, 15) is 9.59 Å². The number of hydrogen-bond donors (Lipinski definition) is 1. The first kappa shape index (κ1) is 13.0. The van der Waals surface area contributed by atoms with Crippen molar-refractivity contribution in [3.05, 3.63) is 28.2 Å². The Morgan fingerprint density at radius 1 is 1.44 bits per heavy atom. The zero-order valence-electron chi connectivity index (χ0n) is 9.28. The second-order valence-corrected chi connectivity index (χ2v) is 4.48. The predicted octanol–water partition coefficient (Wildman–Crippen LogP) is 1.92. The van der Waals surface area contributed by atoms with Gasteiger partial charge in [-0.1, -0.05) is 23.2 Å². The fraction of sp³-hybridized carbons (Fsp3) is 0.273. The Morgan fingerprint density at radius 3 is 2.89 bits per heavy atom. The number of imide groups is 1. The fourth-order valence-corrected chi connectivity index (χ4v) is 1.85. The van der Waals surface area contributed by atoms with Crippen LogP contribution in [0.5, 0.6) is 5.75 Å². The number of carbonyl (C=O) groups is 2. The summed E-state index contributed by atoms with van der Waals surface area (Å²) in [7, 11) is 0. The van der Waals surface area contributed by atoms with E-state index >= 15 is 0 Å². The van der Waals surface area contributed by atoms with Crippen LogP contribution in [0.1, 0.15) is 0 Å². The summed E-state index contributed by atoms with van der Waals surface area (Å²) < 4.78 is 5.25. The van der Waals surface area contributed by atoms with Crippen LogP contribution in [0.25, 0.3) is 0 Å². The molecule has 1 heterocycles. The second-order valence-electron chi connectivity index (χ2n) is 3.64. The molecule has 1 saturated heterocycles. The van der Waals surface area contributed by atoms with Gasteiger partial charge in [0.15, 0.2) is 6.61 Å². The van der Waals surface area contributed by atoms with Crippen molar-refractivity contribution in [3.8, 4) is 5.75 Å². The maximum atomic E-state index is 11.7. The summed E-state index contributed by atoms with van der Waals surface area (Å²) in [5.74, 6) is -0.0989. The number of hydrogen-bond acceptors (Lipinski definition) is 3. The number of nitrogens with one attached hydrogen (secondary N) is 1. The lowest BCUT2D eigenvalue weighted by Crippen LogP contribution is -2.37. The molecule has 1 aromatic carbocycles. The number of ether oxygens (including phenoxy) is 1. The molecule has 2 rings (SSSR count). The van der Waals surface area contributed by atoms with E-state index in [0.29, 0.717) is 28.9 Å². The fourth-order valence-electron chi connectivity index (χ4n) is 1.51. The Balaban J connectivity index is 1.97. The van der Waals surface area contributed by atoms with E-state index in [2.05, 4.69) is 5.32 Å². The van der Waals surface area contributed by atoms with Crippen LogP contribution >= 0.6 is 23.2 Å². The highest BCUT2D eigenvalue weighted by Gasteiger charge is 2.26. The van der Waals surface area contributed by atoms with Crippen molar-refractivity contribution < 1.29 is 14.3 Å². The van der Waals surface area contributed by atoms with E-state index in [1.54, 1.807) is 12.1 Å². The smallest absolute Gasteiger partial charge is 0.324 e. The number of carbonyl (C=O) groups excluding carboxylic acids is 2. The summed E-state index contributed by atoms with van der Waals surface area (Å²) in [6.07, 6.45) is 0. The summed E-state index contributed by atoms with van der Waals surface area (Å²) in [6, 6.07) is 4.31. The molecule has 1 aliphatic rings. The molecule has 1 aromatic rings. The van der Waals surface area contributed by atoms with Gasteiger partial charge in [0.1, 0.15) is 5.75 Å². The van der Waals surface area contributed by atoms with E-state index in [0.717, 1.165) is 4.90 Å². The number of amides is 3. The third-order valence-electron chi connectivity index (χ3n) is 2.40. The first-order chi connectivity index (χ1) is 8.58. The minimum Gasteiger partial charge on any atom is -0.482 e. The molecule has 96 valence electrons. The summed E-state index contributed by atoms with van der Waals surface area (Å²) in [6.45, 7) is 0.556. The molecule has 0 bridgehead atoms. The van der Waals surface area contributed by atoms with E-state index in [4.69, 9.17) is 27.9 Å². The summed E-state index contributed by atoms with van der Waals surface area (Å²) in [4.78, 5) is 24.0. The van der Waals surface area contributed by atoms with Gasteiger partial charge in [0.2, 0.25) is 0 Å². The van der Waals surface area contributed by atoms with Crippen molar-refractivity contribution in [2.75, 3.05) is 19.7 Å². The van der Waals surface area contributed by atoms with Gasteiger partial charge in [-0.25, -0.2) is 4.79 Å². The van der Waals surface area contributed by atoms with E-state index in [1.165, 1.54) is 6.07 Å². The molecular formula is C11H10Cl2N2O3. The van der Waals surface area contributed by atoms with Crippen LogP contribution in [0.3, 0.4) is 0 Å². The Bertz CT molecular complexity index is 493. The molecular weight excluding hydrogens is 279 g/mol. The lowest BCUT2D eigenvalue weighted by atomic mass is 10.3. The molecule has 1 N–H and O–H groups in total. The van der Waals surface area contributed by atoms with Crippen LogP contribution < -0.4 is 10.1 Å². The molecule has 0 spiro atoms. The Hall–Kier alpha value is -1.46. The van der Waals surface area contributed by atoms with E-state index < -0.39 is 11.9 Å². The second kappa shape index (κ2) is 5.46. The Labute approximate surface area is 114 Å². The topological polar surface area (TPSA) is 58.6 Å². The zero-order chi connectivity index (χ0) is 13.1. The first-order valence-electron chi connectivity index (χ1n) is 5.24. The number of benzene rings is 1. The molecule has 0 aromatic heterocycles. The average molecular weight is 289 g/mol. The molecule has 5 nitrogen and oxygen atoms in total. The van der Waals surface area contributed by atoms with Crippen LogP contribution in [0.15, 0.2) is 18.2 Å². The molecule has 7 heteroatoms. The number of urea groups is 1. The van der Waals surface area contributed by atoms with Gasteiger partial charge in [-0.3, -0.25) is 9.69 Å². The van der Waals surface area contributed by atoms with Gasteiger partial charge >= 0.3 is 6.03 Å². The van der Waals surface area contributed by atoms with E-state index in [-0.39, 0.29) is 6.61 Å². The minimum absolute atomic E-state index is 0.256. The first-order valence-corrected chi connectivity index (χ1v) is 5.99. The number of halogens is 2. The van der Waals surface area contributed by atoms with Crippen molar-refractivity contribution in [1.29, 1.82) is 0 Å².